The number of hydrogen-bond donors (Lipinski definition) is 15. The van der Waals surface area contributed by atoms with Crippen molar-refractivity contribution in [3.8, 4) is 86.2 Å². The fraction of sp³-hybridized carbons (Fsp3) is 0.200. The standard InChI is InChI=1S/C45H38O18/c46-18-10-27(54)33-31(11-18)61-43(16-2-5-21(48)25(52)8-16)40(59)37(33)34-29(56)14-32-36(39(34)58)38(41(60)44(62-32)17-3-6-22(49)26(53)9-17)35-28(55)13-23(50)19-12-30(57)42(63-45(19)35)15-1-4-20(47)24(51)7-15/h1-11,13-14,30,37-38,40-44,46-60H,12H2/t30-,37-,38+,40-,41-,42-,43-,44-/m1/s1. The van der Waals surface area contributed by atoms with E-state index in [4.69, 9.17) is 14.2 Å². The van der Waals surface area contributed by atoms with E-state index in [1.54, 1.807) is 0 Å². The molecule has 3 aliphatic rings. The van der Waals surface area contributed by atoms with Gasteiger partial charge in [-0.15, -0.1) is 0 Å². The van der Waals surface area contributed by atoms with E-state index in [1.807, 2.05) is 0 Å². The van der Waals surface area contributed by atoms with Crippen molar-refractivity contribution in [3.63, 3.8) is 0 Å². The van der Waals surface area contributed by atoms with Crippen LogP contribution < -0.4 is 14.2 Å². The molecular weight excluding hydrogens is 828 g/mol. The zero-order chi connectivity index (χ0) is 44.9. The first kappa shape index (κ1) is 40.6. The Bertz CT molecular complexity index is 2840. The van der Waals surface area contributed by atoms with Gasteiger partial charge in [-0.2, -0.15) is 0 Å². The molecule has 9 rings (SSSR count). The van der Waals surface area contributed by atoms with Crippen LogP contribution in [0.25, 0.3) is 0 Å². The molecule has 0 amide bonds. The number of hydrogen-bond acceptors (Lipinski definition) is 18. The summed E-state index contributed by atoms with van der Waals surface area (Å²) in [6.45, 7) is 0. The van der Waals surface area contributed by atoms with Crippen molar-refractivity contribution in [3.05, 3.63) is 123 Å². The summed E-state index contributed by atoms with van der Waals surface area (Å²) in [4.78, 5) is 0. The number of aliphatic hydroxyl groups is 3. The van der Waals surface area contributed by atoms with Crippen LogP contribution in [0.2, 0.25) is 0 Å². The highest BCUT2D eigenvalue weighted by Gasteiger charge is 2.50. The summed E-state index contributed by atoms with van der Waals surface area (Å²) >= 11 is 0. The van der Waals surface area contributed by atoms with Crippen molar-refractivity contribution in [2.75, 3.05) is 0 Å². The van der Waals surface area contributed by atoms with E-state index in [1.165, 1.54) is 18.2 Å². The molecule has 18 nitrogen and oxygen atoms in total. The van der Waals surface area contributed by atoms with E-state index in [2.05, 4.69) is 0 Å². The minimum Gasteiger partial charge on any atom is -0.508 e. The zero-order valence-electron chi connectivity index (χ0n) is 32.3. The maximum atomic E-state index is 12.6. The summed E-state index contributed by atoms with van der Waals surface area (Å²) in [5.74, 6) is -11.5. The number of ether oxygens (including phenoxy) is 3. The van der Waals surface area contributed by atoms with Crippen molar-refractivity contribution in [2.45, 2.75) is 54.9 Å². The maximum absolute atomic E-state index is 12.6. The first-order chi connectivity index (χ1) is 29.9. The Labute approximate surface area is 354 Å². The zero-order valence-corrected chi connectivity index (χ0v) is 32.3. The number of phenolic OH excluding ortho intramolecular Hbond substituents is 12. The largest absolute Gasteiger partial charge is 0.508 e. The highest BCUT2D eigenvalue weighted by atomic mass is 16.5. The van der Waals surface area contributed by atoms with E-state index < -0.39 is 123 Å². The molecule has 63 heavy (non-hydrogen) atoms. The number of fused-ring (bicyclic) bond motifs is 3. The van der Waals surface area contributed by atoms with Crippen LogP contribution in [0.15, 0.2) is 78.9 Å². The highest BCUT2D eigenvalue weighted by Crippen LogP contribution is 2.61. The predicted octanol–water partition coefficient (Wildman–Crippen LogP) is 4.44. The highest BCUT2D eigenvalue weighted by molar-refractivity contribution is 5.70. The Morgan fingerprint density at radius 2 is 0.841 bits per heavy atom. The van der Waals surface area contributed by atoms with Crippen LogP contribution in [0, 0.1) is 0 Å². The second-order valence-electron chi connectivity index (χ2n) is 15.7. The third-order valence-electron chi connectivity index (χ3n) is 11.8. The molecule has 6 aromatic rings. The average Bonchev–Trinajstić information content (AvgIpc) is 3.22. The van der Waals surface area contributed by atoms with Gasteiger partial charge in [0.05, 0.1) is 17.9 Å². The van der Waals surface area contributed by atoms with Gasteiger partial charge in [-0.05, 0) is 53.1 Å². The van der Waals surface area contributed by atoms with Gasteiger partial charge in [0.15, 0.2) is 46.7 Å². The molecule has 0 bridgehead atoms. The van der Waals surface area contributed by atoms with E-state index in [-0.39, 0.29) is 62.6 Å². The first-order valence-corrected chi connectivity index (χ1v) is 19.3. The molecule has 0 spiro atoms. The number of aliphatic hydroxyl groups excluding tert-OH is 3. The normalized spacial score (nSPS) is 23.6. The summed E-state index contributed by atoms with van der Waals surface area (Å²) < 4.78 is 18.6. The Kier molecular flexibility index (Phi) is 9.46. The fourth-order valence-corrected chi connectivity index (χ4v) is 8.93. The Balaban J connectivity index is 1.29. The minimum absolute atomic E-state index is 0.0518. The van der Waals surface area contributed by atoms with Gasteiger partial charge < -0.3 is 90.8 Å². The molecule has 8 atom stereocenters. The van der Waals surface area contributed by atoms with Crippen LogP contribution in [0.3, 0.4) is 0 Å². The van der Waals surface area contributed by atoms with Gasteiger partial charge >= 0.3 is 0 Å². The minimum atomic E-state index is -1.90. The summed E-state index contributed by atoms with van der Waals surface area (Å²) in [7, 11) is 0. The van der Waals surface area contributed by atoms with Crippen molar-refractivity contribution in [2.24, 2.45) is 0 Å². The summed E-state index contributed by atoms with van der Waals surface area (Å²) in [5.41, 5.74) is -1.20. The lowest BCUT2D eigenvalue weighted by Crippen LogP contribution is -2.38. The Morgan fingerprint density at radius 1 is 0.381 bits per heavy atom. The summed E-state index contributed by atoms with van der Waals surface area (Å²) in [6, 6.07) is 14.6. The van der Waals surface area contributed by atoms with Gasteiger partial charge in [-0.1, -0.05) is 18.2 Å². The topological polar surface area (TPSA) is 331 Å². The lowest BCUT2D eigenvalue weighted by Gasteiger charge is -2.42. The van der Waals surface area contributed by atoms with Crippen LogP contribution in [0.1, 0.15) is 74.7 Å². The SMILES string of the molecule is Oc1cc(O)c2c(c1)O[C@H](c1ccc(O)c(O)c1)[C@H](O)[C@H]2c1c(O)cc2c(c1O)[C@H](c1c(O)cc(O)c3c1O[C@H](c1ccc(O)c(O)c1)[C@H](O)C3)[C@@H](O)[C@@H](c1ccc(O)c(O)c1)O2. The summed E-state index contributed by atoms with van der Waals surface area (Å²) in [5, 5.41) is 166. The van der Waals surface area contributed by atoms with Crippen LogP contribution in [-0.2, 0) is 6.42 Å². The number of phenols is 12. The lowest BCUT2D eigenvalue weighted by atomic mass is 9.74. The molecule has 3 heterocycles. The Morgan fingerprint density at radius 3 is 1.37 bits per heavy atom. The van der Waals surface area contributed by atoms with Crippen molar-refractivity contribution in [1.82, 2.24) is 0 Å². The lowest BCUT2D eigenvalue weighted by molar-refractivity contribution is -0.000173. The molecule has 3 aliphatic heterocycles. The monoisotopic (exact) mass is 866 g/mol. The van der Waals surface area contributed by atoms with E-state index in [0.717, 1.165) is 60.7 Å². The van der Waals surface area contributed by atoms with Crippen LogP contribution in [0.5, 0.6) is 86.2 Å². The Hall–Kier alpha value is -7.80. The van der Waals surface area contributed by atoms with Gasteiger partial charge in [-0.25, -0.2) is 0 Å². The van der Waals surface area contributed by atoms with Crippen molar-refractivity contribution < 1.29 is 90.8 Å². The molecule has 15 N–H and O–H groups in total. The van der Waals surface area contributed by atoms with Crippen LogP contribution in [0.4, 0.5) is 0 Å². The molecule has 0 aliphatic carbocycles. The van der Waals surface area contributed by atoms with Gasteiger partial charge in [0, 0.05) is 58.5 Å². The van der Waals surface area contributed by atoms with Gasteiger partial charge in [0.1, 0.15) is 70.1 Å². The molecule has 0 unspecified atom stereocenters. The third kappa shape index (κ3) is 6.46. The second kappa shape index (κ2) is 14.7. The van der Waals surface area contributed by atoms with Crippen molar-refractivity contribution in [1.29, 1.82) is 0 Å². The summed E-state index contributed by atoms with van der Waals surface area (Å²) in [6.07, 6.45) is -9.81. The number of rotatable bonds is 5. The van der Waals surface area contributed by atoms with E-state index >= 15 is 0 Å². The average molecular weight is 867 g/mol. The van der Waals surface area contributed by atoms with Crippen LogP contribution in [-0.4, -0.2) is 94.9 Å². The fourth-order valence-electron chi connectivity index (χ4n) is 8.93. The molecule has 326 valence electrons. The predicted molar refractivity (Wildman–Crippen MR) is 214 cm³/mol. The van der Waals surface area contributed by atoms with Gasteiger partial charge in [-0.3, -0.25) is 0 Å². The quantitative estimate of drug-likeness (QED) is 0.106. The first-order valence-electron chi connectivity index (χ1n) is 19.3. The molecule has 0 radical (unpaired) electrons. The van der Waals surface area contributed by atoms with E-state index in [0.29, 0.717) is 0 Å². The van der Waals surface area contributed by atoms with Crippen LogP contribution >= 0.6 is 0 Å². The third-order valence-corrected chi connectivity index (χ3v) is 11.8. The van der Waals surface area contributed by atoms with Gasteiger partial charge in [0.2, 0.25) is 0 Å². The smallest absolute Gasteiger partial charge is 0.157 e. The molecule has 0 fully saturated rings. The number of benzene rings is 6. The molecule has 18 heteroatoms. The molecule has 0 saturated carbocycles. The molecule has 6 aromatic carbocycles. The number of aromatic hydroxyl groups is 12. The maximum Gasteiger partial charge on any atom is 0.157 e. The molecule has 0 saturated heterocycles. The van der Waals surface area contributed by atoms with E-state index in [9.17, 15) is 76.6 Å². The van der Waals surface area contributed by atoms with Gasteiger partial charge in [0.25, 0.3) is 0 Å². The second-order valence-corrected chi connectivity index (χ2v) is 15.7. The molecule has 0 aromatic heterocycles. The molecular formula is C45H38O18. The van der Waals surface area contributed by atoms with Crippen molar-refractivity contribution >= 4 is 0 Å².